The molecule has 0 atom stereocenters. The van der Waals surface area contributed by atoms with Gasteiger partial charge in [0.05, 0.1) is 6.21 Å². The van der Waals surface area contributed by atoms with Crippen LogP contribution in [-0.4, -0.2) is 30.2 Å². The summed E-state index contributed by atoms with van der Waals surface area (Å²) in [7, 11) is 0. The second kappa shape index (κ2) is 9.09. The van der Waals surface area contributed by atoms with Gasteiger partial charge < -0.3 is 11.5 Å². The van der Waals surface area contributed by atoms with Gasteiger partial charge in [-0.1, -0.05) is 44.5 Å². The number of guanidine groups is 1. The van der Waals surface area contributed by atoms with Crippen LogP contribution in [0.2, 0.25) is 0 Å². The molecule has 4 N–H and O–H groups in total. The van der Waals surface area contributed by atoms with Crippen LogP contribution in [0.5, 0.6) is 0 Å². The van der Waals surface area contributed by atoms with E-state index < -0.39 is 0 Å². The van der Waals surface area contributed by atoms with E-state index in [4.69, 9.17) is 11.5 Å². The smallest absolute Gasteiger partial charge is 0.211 e. The van der Waals surface area contributed by atoms with Crippen LogP contribution in [0.15, 0.2) is 34.5 Å². The third-order valence-electron chi connectivity index (χ3n) is 3.09. The van der Waals surface area contributed by atoms with Crippen LogP contribution in [0.4, 0.5) is 0 Å². The maximum absolute atomic E-state index is 5.26. The molecule has 0 fully saturated rings. The van der Waals surface area contributed by atoms with Gasteiger partial charge in [0.1, 0.15) is 0 Å². The molecule has 20 heavy (non-hydrogen) atoms. The van der Waals surface area contributed by atoms with Gasteiger partial charge in [-0.3, -0.25) is 4.90 Å². The van der Waals surface area contributed by atoms with Crippen molar-refractivity contribution in [2.24, 2.45) is 21.7 Å². The lowest BCUT2D eigenvalue weighted by atomic mass is 10.1. The van der Waals surface area contributed by atoms with Gasteiger partial charge in [0.25, 0.3) is 0 Å². The summed E-state index contributed by atoms with van der Waals surface area (Å²) in [4.78, 5) is 2.43. The second-order valence-electron chi connectivity index (χ2n) is 4.69. The van der Waals surface area contributed by atoms with Crippen molar-refractivity contribution in [2.45, 2.75) is 33.2 Å². The third kappa shape index (κ3) is 5.84. The fourth-order valence-corrected chi connectivity index (χ4v) is 1.93. The first-order chi connectivity index (χ1) is 9.67. The first kappa shape index (κ1) is 16.2. The first-order valence-corrected chi connectivity index (χ1v) is 7.09. The number of hydrogen-bond donors (Lipinski definition) is 2. The Morgan fingerprint density at radius 3 is 2.65 bits per heavy atom. The van der Waals surface area contributed by atoms with Crippen molar-refractivity contribution in [3.63, 3.8) is 0 Å². The normalized spacial score (nSPS) is 11.2. The van der Waals surface area contributed by atoms with E-state index >= 15 is 0 Å². The fourth-order valence-electron chi connectivity index (χ4n) is 1.93. The molecule has 0 saturated carbocycles. The lowest BCUT2D eigenvalue weighted by molar-refractivity contribution is 0.275. The predicted molar refractivity (Wildman–Crippen MR) is 85.7 cm³/mol. The van der Waals surface area contributed by atoms with Crippen molar-refractivity contribution < 1.29 is 0 Å². The van der Waals surface area contributed by atoms with Crippen LogP contribution in [0.25, 0.3) is 0 Å². The van der Waals surface area contributed by atoms with Gasteiger partial charge in [0.15, 0.2) is 0 Å². The van der Waals surface area contributed by atoms with Gasteiger partial charge in [-0.2, -0.15) is 5.10 Å². The van der Waals surface area contributed by atoms with Crippen LogP contribution in [0, 0.1) is 0 Å². The first-order valence-electron chi connectivity index (χ1n) is 7.09. The van der Waals surface area contributed by atoms with Gasteiger partial charge in [-0.05, 0) is 30.6 Å². The molecule has 0 bridgehead atoms. The summed E-state index contributed by atoms with van der Waals surface area (Å²) in [5.41, 5.74) is 12.8. The van der Waals surface area contributed by atoms with E-state index in [0.29, 0.717) is 0 Å². The van der Waals surface area contributed by atoms with Crippen molar-refractivity contribution >= 4 is 12.2 Å². The average Bonchev–Trinajstić information content (AvgIpc) is 2.44. The number of hydrogen-bond acceptors (Lipinski definition) is 3. The lowest BCUT2D eigenvalue weighted by Gasteiger charge is -2.21. The number of benzene rings is 1. The van der Waals surface area contributed by atoms with Crippen molar-refractivity contribution in [3.05, 3.63) is 35.4 Å². The molecule has 0 heterocycles. The Balaban J connectivity index is 2.78. The zero-order valence-corrected chi connectivity index (χ0v) is 12.4. The Morgan fingerprint density at radius 1 is 1.25 bits per heavy atom. The molecular formula is C15H25N5. The summed E-state index contributed by atoms with van der Waals surface area (Å²) in [6.45, 7) is 7.47. The molecule has 0 aliphatic heterocycles. The summed E-state index contributed by atoms with van der Waals surface area (Å²) in [5.74, 6) is -0.0307. The molecule has 0 amide bonds. The molecule has 0 aliphatic carbocycles. The molecule has 1 aromatic carbocycles. The summed E-state index contributed by atoms with van der Waals surface area (Å²) in [6, 6.07) is 8.17. The van der Waals surface area contributed by atoms with Gasteiger partial charge in [0, 0.05) is 6.54 Å². The van der Waals surface area contributed by atoms with Crippen LogP contribution < -0.4 is 11.5 Å². The van der Waals surface area contributed by atoms with Crippen LogP contribution in [0.3, 0.4) is 0 Å². The molecule has 110 valence electrons. The highest BCUT2D eigenvalue weighted by molar-refractivity contribution is 5.83. The SMILES string of the molecule is CCCCN(CC)Cc1ccccc1C=NN=C(N)N. The molecular weight excluding hydrogens is 250 g/mol. The van der Waals surface area contributed by atoms with E-state index in [9.17, 15) is 0 Å². The van der Waals surface area contributed by atoms with Crippen molar-refractivity contribution in [1.29, 1.82) is 0 Å². The lowest BCUT2D eigenvalue weighted by Crippen LogP contribution is -2.24. The van der Waals surface area contributed by atoms with Gasteiger partial charge >= 0.3 is 0 Å². The molecule has 0 unspecified atom stereocenters. The fraction of sp³-hybridized carbons (Fsp3) is 0.467. The van der Waals surface area contributed by atoms with Crippen molar-refractivity contribution in [1.82, 2.24) is 4.90 Å². The standard InChI is InChI=1S/C15H25N5/c1-3-5-10-20(4-2)12-14-9-7-6-8-13(14)11-18-19-15(16)17/h6-9,11H,3-5,10,12H2,1-2H3,(H4,16,17,19). The number of unbranched alkanes of at least 4 members (excludes halogenated alkanes) is 1. The van der Waals surface area contributed by atoms with E-state index in [2.05, 4.69) is 35.0 Å². The molecule has 0 aliphatic rings. The molecule has 0 saturated heterocycles. The van der Waals surface area contributed by atoms with E-state index in [1.165, 1.54) is 18.4 Å². The van der Waals surface area contributed by atoms with Crippen LogP contribution in [0.1, 0.15) is 37.8 Å². The Morgan fingerprint density at radius 2 is 2.00 bits per heavy atom. The Hall–Kier alpha value is -1.88. The highest BCUT2D eigenvalue weighted by Crippen LogP contribution is 2.10. The van der Waals surface area contributed by atoms with E-state index in [1.807, 2.05) is 18.2 Å². The maximum atomic E-state index is 5.26. The minimum atomic E-state index is -0.0307. The van der Waals surface area contributed by atoms with E-state index in [0.717, 1.165) is 25.2 Å². The van der Waals surface area contributed by atoms with Crippen LogP contribution >= 0.6 is 0 Å². The topological polar surface area (TPSA) is 80.0 Å². The van der Waals surface area contributed by atoms with Gasteiger partial charge in [-0.25, -0.2) is 0 Å². The zero-order valence-electron chi connectivity index (χ0n) is 12.4. The summed E-state index contributed by atoms with van der Waals surface area (Å²) < 4.78 is 0. The third-order valence-corrected chi connectivity index (χ3v) is 3.09. The van der Waals surface area contributed by atoms with Crippen molar-refractivity contribution in [3.8, 4) is 0 Å². The van der Waals surface area contributed by atoms with Gasteiger partial charge in [-0.15, -0.1) is 5.10 Å². The molecule has 1 aromatic rings. The predicted octanol–water partition coefficient (Wildman–Crippen LogP) is 1.92. The van der Waals surface area contributed by atoms with E-state index in [-0.39, 0.29) is 5.96 Å². The molecule has 5 heteroatoms. The highest BCUT2D eigenvalue weighted by Gasteiger charge is 2.06. The molecule has 0 spiro atoms. The minimum absolute atomic E-state index is 0.0307. The molecule has 5 nitrogen and oxygen atoms in total. The highest BCUT2D eigenvalue weighted by atomic mass is 15.3. The molecule has 1 rings (SSSR count). The van der Waals surface area contributed by atoms with Gasteiger partial charge in [0.2, 0.25) is 5.96 Å². The average molecular weight is 275 g/mol. The second-order valence-corrected chi connectivity index (χ2v) is 4.69. The summed E-state index contributed by atoms with van der Waals surface area (Å²) in [5, 5.41) is 7.53. The Bertz CT molecular complexity index is 449. The number of nitrogens with two attached hydrogens (primary N) is 2. The zero-order chi connectivity index (χ0) is 14.8. The Kier molecular flexibility index (Phi) is 7.35. The van der Waals surface area contributed by atoms with E-state index in [1.54, 1.807) is 6.21 Å². The molecule has 0 aromatic heterocycles. The quantitative estimate of drug-likeness (QED) is 0.432. The minimum Gasteiger partial charge on any atom is -0.369 e. The maximum Gasteiger partial charge on any atom is 0.211 e. The summed E-state index contributed by atoms with van der Waals surface area (Å²) in [6.07, 6.45) is 4.13. The number of nitrogens with zero attached hydrogens (tertiary/aromatic N) is 3. The van der Waals surface area contributed by atoms with Crippen LogP contribution in [-0.2, 0) is 6.54 Å². The van der Waals surface area contributed by atoms with Crippen molar-refractivity contribution in [2.75, 3.05) is 13.1 Å². The monoisotopic (exact) mass is 275 g/mol. The largest absolute Gasteiger partial charge is 0.369 e. The Labute approximate surface area is 121 Å². The molecule has 0 radical (unpaired) electrons. The number of rotatable bonds is 8. The summed E-state index contributed by atoms with van der Waals surface area (Å²) >= 11 is 0.